The molecule has 0 aromatic heterocycles. The van der Waals surface area contributed by atoms with Gasteiger partial charge in [-0.05, 0) is 30.2 Å². The molecule has 1 aliphatic heterocycles. The lowest BCUT2D eigenvalue weighted by Gasteiger charge is -2.21. The van der Waals surface area contributed by atoms with Gasteiger partial charge in [0.2, 0.25) is 0 Å². The van der Waals surface area contributed by atoms with Crippen LogP contribution < -0.4 is 0 Å². The summed E-state index contributed by atoms with van der Waals surface area (Å²) in [6, 6.07) is 18.0. The van der Waals surface area contributed by atoms with Gasteiger partial charge >= 0.3 is 17.9 Å². The summed E-state index contributed by atoms with van der Waals surface area (Å²) < 4.78 is 27.6. The molecule has 8 heteroatoms. The number of methoxy groups -OCH3 is 2. The Morgan fingerprint density at radius 2 is 1.24 bits per heavy atom. The van der Waals surface area contributed by atoms with Crippen molar-refractivity contribution in [3.8, 4) is 0 Å². The van der Waals surface area contributed by atoms with Gasteiger partial charge in [0.15, 0.2) is 12.2 Å². The number of cyclic esters (lactones) is 1. The summed E-state index contributed by atoms with van der Waals surface area (Å²) in [6.45, 7) is 1.76. The lowest BCUT2D eigenvalue weighted by molar-refractivity contribution is -0.163. The van der Waals surface area contributed by atoms with Crippen molar-refractivity contribution < 1.29 is 38.1 Å². The van der Waals surface area contributed by atoms with E-state index in [4.69, 9.17) is 23.7 Å². The summed E-state index contributed by atoms with van der Waals surface area (Å²) in [5.41, 5.74) is 1.32. The molecule has 2 aromatic rings. The normalized spacial score (nSPS) is 23.4. The number of hydrogen-bond donors (Lipinski definition) is 0. The minimum absolute atomic E-state index is 0.161. The quantitative estimate of drug-likeness (QED) is 0.277. The first-order valence-electron chi connectivity index (χ1n) is 12.5. The predicted octanol–water partition coefficient (Wildman–Crippen LogP) is 4.81. The molecule has 0 saturated heterocycles. The Balaban J connectivity index is 1.74. The largest absolute Gasteiger partial charge is 0.462 e. The van der Waals surface area contributed by atoms with Gasteiger partial charge in [-0.2, -0.15) is 0 Å². The monoisotopic (exact) mass is 522 g/mol. The molecule has 0 N–H and O–H groups in total. The van der Waals surface area contributed by atoms with Crippen LogP contribution in [0.3, 0.4) is 0 Å². The lowest BCUT2D eigenvalue weighted by Crippen LogP contribution is -2.27. The molecular weight excluding hydrogens is 488 g/mol. The van der Waals surface area contributed by atoms with E-state index in [1.165, 1.54) is 14.2 Å². The van der Waals surface area contributed by atoms with E-state index in [1.807, 2.05) is 30.3 Å². The SMILES string of the molecule is CO[C@@H](C(=O)O[C@@H]1/C=C/C[C@@H](OC(=O)[C@H](OC)c2ccccc2)/C=C/C[C@@H](C)OC(=O)C1)c1ccccc1. The van der Waals surface area contributed by atoms with Gasteiger partial charge in [0.1, 0.15) is 18.3 Å². The fraction of sp³-hybridized carbons (Fsp3) is 0.367. The third kappa shape index (κ3) is 8.68. The zero-order valence-corrected chi connectivity index (χ0v) is 21.9. The van der Waals surface area contributed by atoms with Crippen molar-refractivity contribution in [2.45, 2.75) is 56.7 Å². The molecular formula is C30H34O8. The van der Waals surface area contributed by atoms with E-state index >= 15 is 0 Å². The molecule has 0 spiro atoms. The number of carbonyl (C=O) groups is 3. The Morgan fingerprint density at radius 1 is 0.763 bits per heavy atom. The number of ether oxygens (including phenoxy) is 5. The van der Waals surface area contributed by atoms with Crippen molar-refractivity contribution in [1.82, 2.24) is 0 Å². The van der Waals surface area contributed by atoms with Crippen LogP contribution in [0.2, 0.25) is 0 Å². The smallest absolute Gasteiger partial charge is 0.340 e. The summed E-state index contributed by atoms with van der Waals surface area (Å²) in [5, 5.41) is 0. The van der Waals surface area contributed by atoms with E-state index < -0.39 is 48.4 Å². The summed E-state index contributed by atoms with van der Waals surface area (Å²) >= 11 is 0. The van der Waals surface area contributed by atoms with Crippen LogP contribution in [0.5, 0.6) is 0 Å². The highest BCUT2D eigenvalue weighted by Gasteiger charge is 2.27. The molecule has 0 fully saturated rings. The van der Waals surface area contributed by atoms with Gasteiger partial charge in [0.05, 0.1) is 6.42 Å². The zero-order chi connectivity index (χ0) is 27.3. The van der Waals surface area contributed by atoms with Gasteiger partial charge in [-0.15, -0.1) is 0 Å². The van der Waals surface area contributed by atoms with Crippen LogP contribution in [0.25, 0.3) is 0 Å². The highest BCUT2D eigenvalue weighted by atomic mass is 16.6. The van der Waals surface area contributed by atoms with Crippen LogP contribution in [0, 0.1) is 0 Å². The molecule has 38 heavy (non-hydrogen) atoms. The maximum Gasteiger partial charge on any atom is 0.340 e. The van der Waals surface area contributed by atoms with Crippen LogP contribution in [0.1, 0.15) is 49.5 Å². The molecule has 3 rings (SSSR count). The van der Waals surface area contributed by atoms with Gasteiger partial charge in [0, 0.05) is 27.1 Å². The first-order valence-corrected chi connectivity index (χ1v) is 12.5. The van der Waals surface area contributed by atoms with Crippen molar-refractivity contribution in [2.75, 3.05) is 14.2 Å². The molecule has 0 bridgehead atoms. The van der Waals surface area contributed by atoms with Crippen LogP contribution in [0.4, 0.5) is 0 Å². The first-order chi connectivity index (χ1) is 18.4. The first kappa shape index (κ1) is 28.8. The Morgan fingerprint density at radius 3 is 1.76 bits per heavy atom. The number of benzene rings is 2. The zero-order valence-electron chi connectivity index (χ0n) is 21.9. The van der Waals surface area contributed by atoms with Crippen molar-refractivity contribution >= 4 is 17.9 Å². The van der Waals surface area contributed by atoms with E-state index in [2.05, 4.69) is 0 Å². The topological polar surface area (TPSA) is 97.4 Å². The average molecular weight is 523 g/mol. The number of rotatable bonds is 8. The number of hydrogen-bond acceptors (Lipinski definition) is 8. The van der Waals surface area contributed by atoms with Gasteiger partial charge in [0.25, 0.3) is 0 Å². The van der Waals surface area contributed by atoms with E-state index in [0.29, 0.717) is 24.0 Å². The van der Waals surface area contributed by atoms with Crippen molar-refractivity contribution in [2.24, 2.45) is 0 Å². The van der Waals surface area contributed by atoms with E-state index in [0.717, 1.165) is 0 Å². The van der Waals surface area contributed by atoms with Gasteiger partial charge in [-0.1, -0.05) is 72.8 Å². The fourth-order valence-electron chi connectivity index (χ4n) is 4.00. The summed E-state index contributed by atoms with van der Waals surface area (Å²) in [6.07, 6.45) is 3.74. The Bertz CT molecular complexity index is 1100. The summed E-state index contributed by atoms with van der Waals surface area (Å²) in [7, 11) is 2.87. The van der Waals surface area contributed by atoms with Gasteiger partial charge in [-0.3, -0.25) is 4.79 Å². The second-order valence-electron chi connectivity index (χ2n) is 8.84. The van der Waals surface area contributed by atoms with Crippen LogP contribution in [-0.2, 0) is 38.1 Å². The average Bonchev–Trinajstić information content (AvgIpc) is 2.90. The second kappa shape index (κ2) is 14.9. The molecule has 1 aliphatic rings. The highest BCUT2D eigenvalue weighted by molar-refractivity contribution is 5.78. The van der Waals surface area contributed by atoms with Gasteiger partial charge < -0.3 is 23.7 Å². The minimum atomic E-state index is -0.943. The number of carbonyl (C=O) groups excluding carboxylic acids is 3. The van der Waals surface area contributed by atoms with Crippen molar-refractivity contribution in [1.29, 1.82) is 0 Å². The summed E-state index contributed by atoms with van der Waals surface area (Å²) in [4.78, 5) is 38.3. The van der Waals surface area contributed by atoms with Crippen LogP contribution >= 0.6 is 0 Å². The maximum absolute atomic E-state index is 12.9. The van der Waals surface area contributed by atoms with Crippen molar-refractivity contribution in [3.05, 3.63) is 96.1 Å². The molecule has 202 valence electrons. The Labute approximate surface area is 223 Å². The predicted molar refractivity (Wildman–Crippen MR) is 140 cm³/mol. The molecule has 0 unspecified atom stereocenters. The fourth-order valence-corrected chi connectivity index (χ4v) is 4.00. The summed E-state index contributed by atoms with van der Waals surface area (Å²) in [5.74, 6) is -1.64. The molecule has 0 saturated carbocycles. The molecule has 0 radical (unpaired) electrons. The van der Waals surface area contributed by atoms with E-state index in [9.17, 15) is 14.4 Å². The Hall–Kier alpha value is -3.75. The maximum atomic E-state index is 12.9. The number of esters is 3. The molecule has 1 heterocycles. The molecule has 5 atom stereocenters. The molecule has 8 nitrogen and oxygen atoms in total. The highest BCUT2D eigenvalue weighted by Crippen LogP contribution is 2.22. The molecule has 2 aromatic carbocycles. The third-order valence-electron chi connectivity index (χ3n) is 5.88. The minimum Gasteiger partial charge on any atom is -0.462 e. The van der Waals surface area contributed by atoms with E-state index in [-0.39, 0.29) is 6.42 Å². The Kier molecular flexibility index (Phi) is 11.3. The third-order valence-corrected chi connectivity index (χ3v) is 5.88. The lowest BCUT2D eigenvalue weighted by atomic mass is 10.1. The van der Waals surface area contributed by atoms with Crippen LogP contribution in [-0.4, -0.2) is 50.4 Å². The molecule has 0 aliphatic carbocycles. The van der Waals surface area contributed by atoms with Crippen molar-refractivity contribution in [3.63, 3.8) is 0 Å². The molecule has 0 amide bonds. The van der Waals surface area contributed by atoms with Gasteiger partial charge in [-0.25, -0.2) is 9.59 Å². The van der Waals surface area contributed by atoms with E-state index in [1.54, 1.807) is 61.5 Å². The standard InChI is InChI=1S/C30H34O8/c1-21-12-10-17-24(37-29(32)27(34-2)22-13-6-4-7-14-22)18-11-19-25(20-26(31)36-21)38-30(33)28(35-3)23-15-8-5-9-16-23/h4-11,13-17,19,21,24-25,27-28H,12,18,20H2,1-3H3/b17-10+,19-11+/t21-,24+,25-,27-,28-/m1/s1. The second-order valence-corrected chi connectivity index (χ2v) is 8.84. The van der Waals surface area contributed by atoms with Crippen LogP contribution in [0.15, 0.2) is 85.0 Å².